The largest absolute Gasteiger partial charge is 0.451 e. The van der Waals surface area contributed by atoms with Crippen molar-refractivity contribution in [3.05, 3.63) is 84.4 Å². The second-order valence-electron chi connectivity index (χ2n) is 11.2. The van der Waals surface area contributed by atoms with Crippen LogP contribution >= 0.6 is 0 Å². The van der Waals surface area contributed by atoms with Gasteiger partial charge < -0.3 is 24.0 Å². The van der Waals surface area contributed by atoms with Gasteiger partial charge in [0.2, 0.25) is 0 Å². The van der Waals surface area contributed by atoms with Gasteiger partial charge in [0.25, 0.3) is 5.91 Å². The Morgan fingerprint density at radius 1 is 1.11 bits per heavy atom. The van der Waals surface area contributed by atoms with E-state index in [1.165, 1.54) is 0 Å². The summed E-state index contributed by atoms with van der Waals surface area (Å²) < 4.78 is 25.7. The second kappa shape index (κ2) is 10.5. The molecule has 1 N–H and O–H groups in total. The van der Waals surface area contributed by atoms with Gasteiger partial charge in [-0.2, -0.15) is 0 Å². The highest BCUT2D eigenvalue weighted by Gasteiger charge is 2.67. The van der Waals surface area contributed by atoms with Crippen molar-refractivity contribution in [3.63, 3.8) is 0 Å². The standard InChI is InChI=1S/C29H37NO6Si/c1-7-23(34-27(32)21-16-12-9-13-17-21)29-19-33-24(25(29)36-37(5,6)28(2,3)4)22(35-29)18-30-26(31)20-14-10-8-11-15-20/h7-17,22-25H,1,18-19H2,2-6H3,(H,30,31)/t22-,23-,24-,25-,29+/m0/s1. The average molecular weight is 524 g/mol. The lowest BCUT2D eigenvalue weighted by molar-refractivity contribution is -0.175. The number of rotatable bonds is 9. The molecule has 2 bridgehead atoms. The molecule has 2 aliphatic rings. The zero-order valence-corrected chi connectivity index (χ0v) is 23.2. The Hall–Kier alpha value is -2.78. The summed E-state index contributed by atoms with van der Waals surface area (Å²) in [4.78, 5) is 25.7. The molecule has 0 saturated carbocycles. The van der Waals surface area contributed by atoms with Gasteiger partial charge in [-0.3, -0.25) is 4.79 Å². The van der Waals surface area contributed by atoms with Crippen LogP contribution < -0.4 is 5.32 Å². The van der Waals surface area contributed by atoms with E-state index >= 15 is 0 Å². The van der Waals surface area contributed by atoms with Crippen molar-refractivity contribution in [1.29, 1.82) is 0 Å². The molecule has 0 radical (unpaired) electrons. The number of carbonyl (C=O) groups excluding carboxylic acids is 2. The minimum atomic E-state index is -2.27. The minimum absolute atomic E-state index is 0.0579. The van der Waals surface area contributed by atoms with Crippen molar-refractivity contribution in [2.75, 3.05) is 13.2 Å². The highest BCUT2D eigenvalue weighted by Crippen LogP contribution is 2.49. The minimum Gasteiger partial charge on any atom is -0.451 e. The van der Waals surface area contributed by atoms with E-state index in [-0.39, 0.29) is 24.1 Å². The van der Waals surface area contributed by atoms with Crippen molar-refractivity contribution >= 4 is 20.2 Å². The van der Waals surface area contributed by atoms with Crippen LogP contribution in [0.2, 0.25) is 18.1 Å². The Morgan fingerprint density at radius 3 is 2.27 bits per heavy atom. The topological polar surface area (TPSA) is 83.1 Å². The molecule has 37 heavy (non-hydrogen) atoms. The maximum absolute atomic E-state index is 13.0. The van der Waals surface area contributed by atoms with Crippen molar-refractivity contribution < 1.29 is 28.2 Å². The van der Waals surface area contributed by atoms with E-state index in [4.69, 9.17) is 18.6 Å². The molecule has 8 heteroatoms. The van der Waals surface area contributed by atoms with Gasteiger partial charge in [-0.05, 0) is 48.5 Å². The Morgan fingerprint density at radius 2 is 1.70 bits per heavy atom. The fourth-order valence-corrected chi connectivity index (χ4v) is 5.87. The lowest BCUT2D eigenvalue weighted by atomic mass is 9.92. The van der Waals surface area contributed by atoms with E-state index in [1.807, 2.05) is 24.3 Å². The molecule has 5 atom stereocenters. The smallest absolute Gasteiger partial charge is 0.338 e. The number of ether oxygens (including phenoxy) is 3. The normalized spacial score (nSPS) is 25.9. The Bertz CT molecular complexity index is 1120. The van der Waals surface area contributed by atoms with Gasteiger partial charge in [-0.25, -0.2) is 4.79 Å². The summed E-state index contributed by atoms with van der Waals surface area (Å²) in [5.41, 5.74) is -0.0713. The molecule has 2 aromatic rings. The number of carbonyl (C=O) groups is 2. The molecular weight excluding hydrogens is 486 g/mol. The number of fused-ring (bicyclic) bond motifs is 2. The molecule has 2 heterocycles. The van der Waals surface area contributed by atoms with Crippen LogP contribution in [0.5, 0.6) is 0 Å². The average Bonchev–Trinajstić information content (AvgIpc) is 3.37. The first kappa shape index (κ1) is 27.3. The molecule has 198 valence electrons. The summed E-state index contributed by atoms with van der Waals surface area (Å²) in [6.45, 7) is 15.2. The van der Waals surface area contributed by atoms with E-state index < -0.39 is 44.3 Å². The van der Waals surface area contributed by atoms with Crippen LogP contribution in [0.3, 0.4) is 0 Å². The van der Waals surface area contributed by atoms with Gasteiger partial charge in [0.15, 0.2) is 20.0 Å². The molecule has 2 aliphatic heterocycles. The van der Waals surface area contributed by atoms with Crippen LogP contribution in [0.15, 0.2) is 73.3 Å². The predicted molar refractivity (Wildman–Crippen MR) is 144 cm³/mol. The fraction of sp³-hybridized carbons (Fsp3) is 0.448. The van der Waals surface area contributed by atoms with Gasteiger partial charge in [0, 0.05) is 12.1 Å². The van der Waals surface area contributed by atoms with E-state index in [1.54, 1.807) is 42.5 Å². The van der Waals surface area contributed by atoms with Crippen LogP contribution in [-0.2, 0) is 18.6 Å². The summed E-state index contributed by atoms with van der Waals surface area (Å²) in [5, 5.41) is 2.90. The quantitative estimate of drug-likeness (QED) is 0.290. The van der Waals surface area contributed by atoms with Crippen LogP contribution in [0.4, 0.5) is 0 Å². The number of benzene rings is 2. The summed E-state index contributed by atoms with van der Waals surface area (Å²) in [5.74, 6) is -0.669. The van der Waals surface area contributed by atoms with Gasteiger partial charge in [0.1, 0.15) is 18.3 Å². The lowest BCUT2D eigenvalue weighted by Gasteiger charge is -2.42. The second-order valence-corrected chi connectivity index (χ2v) is 15.9. The van der Waals surface area contributed by atoms with Crippen molar-refractivity contribution in [3.8, 4) is 0 Å². The van der Waals surface area contributed by atoms with Crippen molar-refractivity contribution in [1.82, 2.24) is 5.32 Å². The Balaban J connectivity index is 1.59. The van der Waals surface area contributed by atoms with Crippen molar-refractivity contribution in [2.45, 2.75) is 68.9 Å². The van der Waals surface area contributed by atoms with Gasteiger partial charge in [0.05, 0.1) is 12.2 Å². The van der Waals surface area contributed by atoms with Crippen LogP contribution in [0.1, 0.15) is 41.5 Å². The first-order chi connectivity index (χ1) is 17.5. The summed E-state index contributed by atoms with van der Waals surface area (Å²) in [7, 11) is -2.27. The third-order valence-electron chi connectivity index (χ3n) is 7.69. The van der Waals surface area contributed by atoms with Crippen LogP contribution in [0, 0.1) is 0 Å². The zero-order chi connectivity index (χ0) is 26.8. The number of amides is 1. The third-order valence-corrected chi connectivity index (χ3v) is 12.1. The maximum Gasteiger partial charge on any atom is 0.338 e. The molecular formula is C29H37NO6Si. The Kier molecular flexibility index (Phi) is 7.76. The van der Waals surface area contributed by atoms with Gasteiger partial charge >= 0.3 is 5.97 Å². The highest BCUT2D eigenvalue weighted by molar-refractivity contribution is 6.74. The monoisotopic (exact) mass is 523 g/mol. The SMILES string of the molecule is C=C[C@H](OC(=O)c1ccccc1)[C@@]12CO[C@@H]([C@H](CNC(=O)c3ccccc3)O1)[C@@H]2O[Si](C)(C)C(C)(C)C. The van der Waals surface area contributed by atoms with Crippen LogP contribution in [0.25, 0.3) is 0 Å². The molecule has 0 aliphatic carbocycles. The molecule has 2 aromatic carbocycles. The first-order valence-electron chi connectivity index (χ1n) is 12.7. The fourth-order valence-electron chi connectivity index (χ4n) is 4.55. The Labute approximate surface area is 220 Å². The van der Waals surface area contributed by atoms with E-state index in [0.717, 1.165) is 0 Å². The molecule has 1 amide bonds. The number of hydrogen-bond acceptors (Lipinski definition) is 6. The van der Waals surface area contributed by atoms with Gasteiger partial charge in [-0.15, -0.1) is 0 Å². The number of hydrogen-bond donors (Lipinski definition) is 1. The molecule has 2 fully saturated rings. The summed E-state index contributed by atoms with van der Waals surface area (Å²) in [6.07, 6.45) is -0.620. The zero-order valence-electron chi connectivity index (χ0n) is 22.2. The molecule has 4 rings (SSSR count). The first-order valence-corrected chi connectivity index (χ1v) is 15.6. The third kappa shape index (κ3) is 5.43. The van der Waals surface area contributed by atoms with E-state index in [2.05, 4.69) is 45.8 Å². The van der Waals surface area contributed by atoms with Crippen molar-refractivity contribution in [2.24, 2.45) is 0 Å². The number of esters is 1. The molecule has 2 saturated heterocycles. The van der Waals surface area contributed by atoms with E-state index in [9.17, 15) is 9.59 Å². The predicted octanol–water partition coefficient (Wildman–Crippen LogP) is 4.75. The molecule has 7 nitrogen and oxygen atoms in total. The van der Waals surface area contributed by atoms with E-state index in [0.29, 0.717) is 11.1 Å². The summed E-state index contributed by atoms with van der Waals surface area (Å²) >= 11 is 0. The number of nitrogens with one attached hydrogen (secondary N) is 1. The highest BCUT2D eigenvalue weighted by atomic mass is 28.4. The molecule has 0 spiro atoms. The van der Waals surface area contributed by atoms with Crippen LogP contribution in [-0.4, -0.2) is 63.4 Å². The van der Waals surface area contributed by atoms with Gasteiger partial charge in [-0.1, -0.05) is 63.7 Å². The molecule has 0 aromatic heterocycles. The molecule has 0 unspecified atom stereocenters. The maximum atomic E-state index is 13.0. The lowest BCUT2D eigenvalue weighted by Crippen LogP contribution is -2.57. The summed E-state index contributed by atoms with van der Waals surface area (Å²) in [6, 6.07) is 17.8.